The van der Waals surface area contributed by atoms with E-state index >= 15 is 0 Å². The minimum atomic E-state index is -0.257. The molecule has 19 heavy (non-hydrogen) atoms. The summed E-state index contributed by atoms with van der Waals surface area (Å²) in [6.07, 6.45) is 3.49. The van der Waals surface area contributed by atoms with Gasteiger partial charge in [0.05, 0.1) is 6.04 Å². The highest BCUT2D eigenvalue weighted by Gasteiger charge is 2.33. The number of likely N-dealkylation sites (tertiary alicyclic amines) is 1. The maximum Gasteiger partial charge on any atom is 0.129 e. The number of nitrogens with zero attached hydrogens (tertiary/aromatic N) is 1. The second kappa shape index (κ2) is 6.21. The summed E-state index contributed by atoms with van der Waals surface area (Å²) in [5.41, 5.74) is 6.48. The molecule has 3 atom stereocenters. The summed E-state index contributed by atoms with van der Waals surface area (Å²) in [5.74, 6) is -0.257. The van der Waals surface area contributed by atoms with E-state index in [9.17, 15) is 4.39 Å². The third kappa shape index (κ3) is 2.93. The number of halogens is 2. The van der Waals surface area contributed by atoms with Gasteiger partial charge in [0.25, 0.3) is 0 Å². The third-order valence-corrected chi connectivity index (χ3v) is 4.51. The summed E-state index contributed by atoms with van der Waals surface area (Å²) < 4.78 is 14.1. The van der Waals surface area contributed by atoms with E-state index in [4.69, 9.17) is 17.3 Å². The normalized spacial score (nSPS) is 26.4. The summed E-state index contributed by atoms with van der Waals surface area (Å²) in [6, 6.07) is 5.52. The molecule has 1 aliphatic rings. The summed E-state index contributed by atoms with van der Waals surface area (Å²) in [5, 5.41) is 0.473. The molecule has 0 aliphatic carbocycles. The molecule has 0 saturated carbocycles. The number of rotatable bonds is 3. The second-order valence-electron chi connectivity index (χ2n) is 5.46. The van der Waals surface area contributed by atoms with Gasteiger partial charge in [0.1, 0.15) is 5.82 Å². The highest BCUT2D eigenvalue weighted by Crippen LogP contribution is 2.35. The van der Waals surface area contributed by atoms with Crippen LogP contribution in [0.1, 0.15) is 44.7 Å². The first kappa shape index (κ1) is 14.8. The number of hydrogen-bond donors (Lipinski definition) is 1. The van der Waals surface area contributed by atoms with Crippen LogP contribution in [-0.2, 0) is 0 Å². The summed E-state index contributed by atoms with van der Waals surface area (Å²) >= 11 is 6.20. The molecule has 1 aromatic carbocycles. The van der Waals surface area contributed by atoms with Gasteiger partial charge in [-0.2, -0.15) is 0 Å². The lowest BCUT2D eigenvalue weighted by atomic mass is 9.92. The van der Waals surface area contributed by atoms with Crippen molar-refractivity contribution in [2.75, 3.05) is 6.54 Å². The van der Waals surface area contributed by atoms with Crippen LogP contribution in [0.2, 0.25) is 5.02 Å². The van der Waals surface area contributed by atoms with E-state index in [1.54, 1.807) is 12.1 Å². The summed E-state index contributed by atoms with van der Waals surface area (Å²) in [6.45, 7) is 4.76. The van der Waals surface area contributed by atoms with Gasteiger partial charge in [-0.25, -0.2) is 4.39 Å². The minimum Gasteiger partial charge on any atom is -0.329 e. The van der Waals surface area contributed by atoms with Crippen molar-refractivity contribution >= 4 is 11.6 Å². The molecule has 2 rings (SSSR count). The van der Waals surface area contributed by atoms with Crippen molar-refractivity contribution in [3.8, 4) is 0 Å². The molecule has 1 aromatic rings. The minimum absolute atomic E-state index is 0.140. The Morgan fingerprint density at radius 2 is 2.00 bits per heavy atom. The van der Waals surface area contributed by atoms with Crippen molar-refractivity contribution in [1.29, 1.82) is 0 Å². The van der Waals surface area contributed by atoms with Gasteiger partial charge < -0.3 is 5.73 Å². The second-order valence-corrected chi connectivity index (χ2v) is 5.87. The lowest BCUT2D eigenvalue weighted by Gasteiger charge is -2.44. The van der Waals surface area contributed by atoms with Gasteiger partial charge in [0.2, 0.25) is 0 Å². The monoisotopic (exact) mass is 284 g/mol. The van der Waals surface area contributed by atoms with Gasteiger partial charge in [0, 0.05) is 29.2 Å². The Hall–Kier alpha value is -0.640. The molecule has 0 bridgehead atoms. The molecule has 2 N–H and O–H groups in total. The molecule has 1 aliphatic heterocycles. The average molecular weight is 285 g/mol. The van der Waals surface area contributed by atoms with E-state index in [1.807, 2.05) is 0 Å². The topological polar surface area (TPSA) is 29.3 Å². The quantitative estimate of drug-likeness (QED) is 0.916. The largest absolute Gasteiger partial charge is 0.329 e. The number of nitrogens with two attached hydrogens (primary N) is 1. The predicted octanol–water partition coefficient (Wildman–Crippen LogP) is 3.74. The van der Waals surface area contributed by atoms with Gasteiger partial charge >= 0.3 is 0 Å². The maximum atomic E-state index is 14.1. The van der Waals surface area contributed by atoms with Crippen molar-refractivity contribution in [2.24, 2.45) is 5.73 Å². The van der Waals surface area contributed by atoms with E-state index in [0.29, 0.717) is 29.2 Å². The van der Waals surface area contributed by atoms with E-state index in [2.05, 4.69) is 18.7 Å². The Labute approximate surface area is 119 Å². The van der Waals surface area contributed by atoms with Gasteiger partial charge in [-0.05, 0) is 38.8 Å². The van der Waals surface area contributed by atoms with Gasteiger partial charge in [-0.3, -0.25) is 4.90 Å². The van der Waals surface area contributed by atoms with Crippen LogP contribution in [0.15, 0.2) is 18.2 Å². The van der Waals surface area contributed by atoms with E-state index in [1.165, 1.54) is 12.5 Å². The molecule has 2 nitrogen and oxygen atoms in total. The van der Waals surface area contributed by atoms with Crippen LogP contribution in [0, 0.1) is 5.82 Å². The smallest absolute Gasteiger partial charge is 0.129 e. The van der Waals surface area contributed by atoms with Crippen LogP contribution in [0.3, 0.4) is 0 Å². The SMILES string of the molecule is C[C@@H]1CCC[C@H](C)N1C(CN)c1c(F)cccc1Cl. The van der Waals surface area contributed by atoms with Gasteiger partial charge in [-0.1, -0.05) is 24.1 Å². The number of hydrogen-bond acceptors (Lipinski definition) is 2. The molecule has 1 fully saturated rings. The Bertz CT molecular complexity index is 408. The molecular weight excluding hydrogens is 263 g/mol. The van der Waals surface area contributed by atoms with Gasteiger partial charge in [-0.15, -0.1) is 0 Å². The molecule has 0 spiro atoms. The molecule has 1 unspecified atom stereocenters. The molecule has 4 heteroatoms. The lowest BCUT2D eigenvalue weighted by molar-refractivity contribution is 0.0563. The first-order valence-corrected chi connectivity index (χ1v) is 7.35. The van der Waals surface area contributed by atoms with Crippen molar-refractivity contribution in [3.63, 3.8) is 0 Å². The van der Waals surface area contributed by atoms with Crippen molar-refractivity contribution < 1.29 is 4.39 Å². The highest BCUT2D eigenvalue weighted by atomic mass is 35.5. The Morgan fingerprint density at radius 1 is 1.37 bits per heavy atom. The Morgan fingerprint density at radius 3 is 2.53 bits per heavy atom. The molecular formula is C15H22ClFN2. The first-order valence-electron chi connectivity index (χ1n) is 6.97. The standard InChI is InChI=1S/C15H22ClFN2/c1-10-5-3-6-11(2)19(10)14(9-18)15-12(16)7-4-8-13(15)17/h4,7-8,10-11,14H,3,5-6,9,18H2,1-2H3/t10-,11+,14?. The van der Waals surface area contributed by atoms with Crippen molar-refractivity contribution in [1.82, 2.24) is 4.90 Å². The summed E-state index contributed by atoms with van der Waals surface area (Å²) in [7, 11) is 0. The molecule has 1 heterocycles. The Balaban J connectivity index is 2.38. The fourth-order valence-corrected chi connectivity index (χ4v) is 3.56. The van der Waals surface area contributed by atoms with E-state index in [0.717, 1.165) is 12.8 Å². The third-order valence-electron chi connectivity index (χ3n) is 4.18. The Kier molecular flexibility index (Phi) is 4.82. The van der Waals surface area contributed by atoms with Crippen LogP contribution in [0.25, 0.3) is 0 Å². The molecule has 0 radical (unpaired) electrons. The predicted molar refractivity (Wildman–Crippen MR) is 77.8 cm³/mol. The fourth-order valence-electron chi connectivity index (χ4n) is 3.27. The molecule has 0 amide bonds. The number of benzene rings is 1. The van der Waals surface area contributed by atoms with E-state index < -0.39 is 0 Å². The van der Waals surface area contributed by atoms with Crippen LogP contribution in [0.5, 0.6) is 0 Å². The number of piperidine rings is 1. The molecule has 1 saturated heterocycles. The zero-order chi connectivity index (χ0) is 14.0. The highest BCUT2D eigenvalue weighted by molar-refractivity contribution is 6.31. The fraction of sp³-hybridized carbons (Fsp3) is 0.600. The van der Waals surface area contributed by atoms with Gasteiger partial charge in [0.15, 0.2) is 0 Å². The van der Waals surface area contributed by atoms with E-state index in [-0.39, 0.29) is 11.9 Å². The van der Waals surface area contributed by atoms with Crippen molar-refractivity contribution in [2.45, 2.75) is 51.2 Å². The lowest BCUT2D eigenvalue weighted by Crippen LogP contribution is -2.48. The van der Waals surface area contributed by atoms with Crippen LogP contribution >= 0.6 is 11.6 Å². The summed E-state index contributed by atoms with van der Waals surface area (Å²) in [4.78, 5) is 2.33. The first-order chi connectivity index (χ1) is 9.06. The molecule has 106 valence electrons. The average Bonchev–Trinajstić information content (AvgIpc) is 2.36. The zero-order valence-electron chi connectivity index (χ0n) is 11.6. The zero-order valence-corrected chi connectivity index (χ0v) is 12.3. The molecule has 0 aromatic heterocycles. The van der Waals surface area contributed by atoms with Crippen LogP contribution in [-0.4, -0.2) is 23.5 Å². The van der Waals surface area contributed by atoms with Crippen molar-refractivity contribution in [3.05, 3.63) is 34.6 Å². The van der Waals surface area contributed by atoms with Crippen LogP contribution < -0.4 is 5.73 Å². The van der Waals surface area contributed by atoms with Crippen LogP contribution in [0.4, 0.5) is 4.39 Å². The maximum absolute atomic E-state index is 14.1.